The number of benzene rings is 1. The van der Waals surface area contributed by atoms with Crippen LogP contribution in [0.3, 0.4) is 0 Å². The summed E-state index contributed by atoms with van der Waals surface area (Å²) in [5, 5.41) is 3.41. The maximum atomic E-state index is 3.64. The zero-order valence-corrected chi connectivity index (χ0v) is 11.5. The molecule has 0 spiro atoms. The Hall–Kier alpha value is -0.540. The lowest BCUT2D eigenvalue weighted by Crippen LogP contribution is -2.26. The number of anilines is 1. The van der Waals surface area contributed by atoms with Crippen LogP contribution in [0, 0.1) is 12.8 Å². The molecule has 1 aromatic rings. The topological polar surface area (TPSA) is 15.3 Å². The number of nitrogens with zero attached hydrogens (tertiary/aromatic N) is 1. The summed E-state index contributed by atoms with van der Waals surface area (Å²) in [5.74, 6) is 0.790. The van der Waals surface area contributed by atoms with E-state index in [0.717, 1.165) is 19.0 Å². The highest BCUT2D eigenvalue weighted by molar-refractivity contribution is 9.10. The Labute approximate surface area is 106 Å². The molecular weight excluding hydrogens is 264 g/mol. The van der Waals surface area contributed by atoms with E-state index in [-0.39, 0.29) is 0 Å². The zero-order chi connectivity index (χ0) is 11.5. The van der Waals surface area contributed by atoms with Crippen LogP contribution >= 0.6 is 15.9 Å². The highest BCUT2D eigenvalue weighted by Gasteiger charge is 2.17. The Bertz CT molecular complexity index is 359. The maximum Gasteiger partial charge on any atom is 0.0508 e. The Morgan fingerprint density at radius 3 is 2.94 bits per heavy atom. The third-order valence-electron chi connectivity index (χ3n) is 3.21. The van der Waals surface area contributed by atoms with E-state index in [1.807, 2.05) is 0 Å². The van der Waals surface area contributed by atoms with Gasteiger partial charge in [-0.1, -0.05) is 6.07 Å². The van der Waals surface area contributed by atoms with Gasteiger partial charge in [-0.2, -0.15) is 0 Å². The minimum atomic E-state index is 0.790. The standard InChI is InChI=1S/C13H19BrN2/c1-10-3-4-13(12(14)7-10)16(2)9-11-5-6-15-8-11/h3-4,7,11,15H,5-6,8-9H2,1-2H3. The van der Waals surface area contributed by atoms with Gasteiger partial charge in [-0.15, -0.1) is 0 Å². The summed E-state index contributed by atoms with van der Waals surface area (Å²) in [6.45, 7) is 5.59. The van der Waals surface area contributed by atoms with Crippen LogP contribution < -0.4 is 10.2 Å². The van der Waals surface area contributed by atoms with Crippen LogP contribution in [0.2, 0.25) is 0 Å². The molecule has 1 atom stereocenters. The number of hydrogen-bond donors (Lipinski definition) is 1. The Balaban J connectivity index is 2.04. The van der Waals surface area contributed by atoms with Gasteiger partial charge in [0, 0.05) is 18.1 Å². The summed E-state index contributed by atoms with van der Waals surface area (Å²) in [7, 11) is 2.17. The molecule has 1 aliphatic heterocycles. The van der Waals surface area contributed by atoms with Gasteiger partial charge in [0.1, 0.15) is 0 Å². The van der Waals surface area contributed by atoms with Crippen molar-refractivity contribution in [1.82, 2.24) is 5.32 Å². The number of rotatable bonds is 3. The van der Waals surface area contributed by atoms with Crippen molar-refractivity contribution in [2.24, 2.45) is 5.92 Å². The van der Waals surface area contributed by atoms with Gasteiger partial charge >= 0.3 is 0 Å². The second-order valence-corrected chi connectivity index (χ2v) is 5.55. The Kier molecular flexibility index (Phi) is 3.87. The first-order chi connectivity index (χ1) is 7.66. The third kappa shape index (κ3) is 2.77. The lowest BCUT2D eigenvalue weighted by atomic mass is 10.1. The number of halogens is 1. The van der Waals surface area contributed by atoms with Crippen molar-refractivity contribution in [2.75, 3.05) is 31.6 Å². The molecule has 1 N–H and O–H groups in total. The first kappa shape index (κ1) is 11.9. The molecule has 1 unspecified atom stereocenters. The van der Waals surface area contributed by atoms with Gasteiger partial charge in [-0.3, -0.25) is 0 Å². The van der Waals surface area contributed by atoms with Crippen LogP contribution in [0.1, 0.15) is 12.0 Å². The highest BCUT2D eigenvalue weighted by atomic mass is 79.9. The molecule has 3 heteroatoms. The maximum absolute atomic E-state index is 3.64. The fourth-order valence-corrected chi connectivity index (χ4v) is 3.07. The lowest BCUT2D eigenvalue weighted by molar-refractivity contribution is 0.578. The second kappa shape index (κ2) is 5.19. The molecule has 16 heavy (non-hydrogen) atoms. The molecule has 0 aromatic heterocycles. The number of nitrogens with one attached hydrogen (secondary N) is 1. The summed E-state index contributed by atoms with van der Waals surface area (Å²) >= 11 is 3.64. The molecule has 2 nitrogen and oxygen atoms in total. The summed E-state index contributed by atoms with van der Waals surface area (Å²) in [6, 6.07) is 6.55. The van der Waals surface area contributed by atoms with Crippen LogP contribution in [-0.4, -0.2) is 26.7 Å². The molecule has 2 rings (SSSR count). The van der Waals surface area contributed by atoms with Gasteiger partial charge in [-0.25, -0.2) is 0 Å². The number of aryl methyl sites for hydroxylation is 1. The van der Waals surface area contributed by atoms with E-state index < -0.39 is 0 Å². The molecule has 1 aliphatic rings. The van der Waals surface area contributed by atoms with E-state index in [4.69, 9.17) is 0 Å². The molecule has 0 amide bonds. The van der Waals surface area contributed by atoms with Gasteiger partial charge < -0.3 is 10.2 Å². The van der Waals surface area contributed by atoms with Crippen molar-refractivity contribution in [1.29, 1.82) is 0 Å². The first-order valence-corrected chi connectivity index (χ1v) is 6.64. The van der Waals surface area contributed by atoms with E-state index >= 15 is 0 Å². The minimum absolute atomic E-state index is 0.790. The van der Waals surface area contributed by atoms with Crippen LogP contribution in [0.5, 0.6) is 0 Å². The van der Waals surface area contributed by atoms with E-state index in [0.29, 0.717) is 0 Å². The average Bonchev–Trinajstić information content (AvgIpc) is 2.70. The predicted molar refractivity (Wildman–Crippen MR) is 73.1 cm³/mol. The van der Waals surface area contributed by atoms with E-state index in [2.05, 4.69) is 58.3 Å². The molecular formula is C13H19BrN2. The number of hydrogen-bond acceptors (Lipinski definition) is 2. The van der Waals surface area contributed by atoms with Crippen molar-refractivity contribution in [2.45, 2.75) is 13.3 Å². The molecule has 88 valence electrons. The smallest absolute Gasteiger partial charge is 0.0508 e. The van der Waals surface area contributed by atoms with Crippen LogP contribution in [-0.2, 0) is 0 Å². The van der Waals surface area contributed by atoms with E-state index in [1.165, 1.54) is 28.7 Å². The van der Waals surface area contributed by atoms with E-state index in [9.17, 15) is 0 Å². The van der Waals surface area contributed by atoms with Crippen molar-refractivity contribution >= 4 is 21.6 Å². The molecule has 0 bridgehead atoms. The van der Waals surface area contributed by atoms with Gasteiger partial charge in [-0.05, 0) is 66.0 Å². The molecule has 1 saturated heterocycles. The highest BCUT2D eigenvalue weighted by Crippen LogP contribution is 2.27. The molecule has 0 aliphatic carbocycles. The zero-order valence-electron chi connectivity index (χ0n) is 9.96. The fourth-order valence-electron chi connectivity index (χ4n) is 2.28. The van der Waals surface area contributed by atoms with Gasteiger partial charge in [0.15, 0.2) is 0 Å². The largest absolute Gasteiger partial charge is 0.373 e. The van der Waals surface area contributed by atoms with Crippen molar-refractivity contribution < 1.29 is 0 Å². The summed E-state index contributed by atoms with van der Waals surface area (Å²) in [4.78, 5) is 2.35. The van der Waals surface area contributed by atoms with Crippen LogP contribution in [0.4, 0.5) is 5.69 Å². The first-order valence-electron chi connectivity index (χ1n) is 5.85. The second-order valence-electron chi connectivity index (χ2n) is 4.69. The molecule has 0 radical (unpaired) electrons. The van der Waals surface area contributed by atoms with Gasteiger partial charge in [0.2, 0.25) is 0 Å². The van der Waals surface area contributed by atoms with Crippen LogP contribution in [0.15, 0.2) is 22.7 Å². The normalized spacial score (nSPS) is 20.1. The molecule has 0 saturated carbocycles. The van der Waals surface area contributed by atoms with Gasteiger partial charge in [0.05, 0.1) is 5.69 Å². The Morgan fingerprint density at radius 1 is 1.50 bits per heavy atom. The predicted octanol–water partition coefficient (Wildman–Crippen LogP) is 2.80. The average molecular weight is 283 g/mol. The van der Waals surface area contributed by atoms with Crippen molar-refractivity contribution in [3.8, 4) is 0 Å². The summed E-state index contributed by atoms with van der Waals surface area (Å²) < 4.78 is 1.20. The van der Waals surface area contributed by atoms with Crippen molar-refractivity contribution in [3.63, 3.8) is 0 Å². The quantitative estimate of drug-likeness (QED) is 0.917. The lowest BCUT2D eigenvalue weighted by Gasteiger charge is -2.24. The monoisotopic (exact) mass is 282 g/mol. The summed E-state index contributed by atoms with van der Waals surface area (Å²) in [6.07, 6.45) is 1.30. The van der Waals surface area contributed by atoms with Crippen molar-refractivity contribution in [3.05, 3.63) is 28.2 Å². The fraction of sp³-hybridized carbons (Fsp3) is 0.538. The van der Waals surface area contributed by atoms with Gasteiger partial charge in [0.25, 0.3) is 0 Å². The summed E-state index contributed by atoms with van der Waals surface area (Å²) in [5.41, 5.74) is 2.59. The van der Waals surface area contributed by atoms with E-state index in [1.54, 1.807) is 0 Å². The molecule has 1 fully saturated rings. The Morgan fingerprint density at radius 2 is 2.31 bits per heavy atom. The van der Waals surface area contributed by atoms with Crippen LogP contribution in [0.25, 0.3) is 0 Å². The minimum Gasteiger partial charge on any atom is -0.373 e. The molecule has 1 heterocycles. The molecule has 1 aromatic carbocycles. The third-order valence-corrected chi connectivity index (χ3v) is 3.84. The SMILES string of the molecule is Cc1ccc(N(C)CC2CCNC2)c(Br)c1.